The third kappa shape index (κ3) is 2.79. The maximum absolute atomic E-state index is 11.5. The van der Waals surface area contributed by atoms with E-state index in [9.17, 15) is 4.79 Å². The van der Waals surface area contributed by atoms with Crippen LogP contribution >= 0.6 is 0 Å². The molecule has 1 aromatic heterocycles. The van der Waals surface area contributed by atoms with E-state index >= 15 is 0 Å². The minimum absolute atomic E-state index is 0.0208. The number of rotatable bonds is 5. The van der Waals surface area contributed by atoms with E-state index in [-0.39, 0.29) is 12.5 Å². The summed E-state index contributed by atoms with van der Waals surface area (Å²) < 4.78 is 1.51. The first-order valence-corrected chi connectivity index (χ1v) is 5.55. The molecule has 3 N–H and O–H groups in total. The van der Waals surface area contributed by atoms with Crippen molar-refractivity contribution in [2.75, 3.05) is 6.54 Å². The largest absolute Gasteiger partial charge is 0.354 e. The number of aromatic nitrogens is 3. The molecule has 1 heterocycles. The molecule has 0 aliphatic heterocycles. The average Bonchev–Trinajstić information content (AvgIpc) is 2.77. The summed E-state index contributed by atoms with van der Waals surface area (Å²) in [4.78, 5) is 11.5. The third-order valence-electron chi connectivity index (χ3n) is 2.94. The van der Waals surface area contributed by atoms with E-state index in [0.29, 0.717) is 18.2 Å². The van der Waals surface area contributed by atoms with Crippen LogP contribution in [-0.4, -0.2) is 27.4 Å². The van der Waals surface area contributed by atoms with E-state index in [2.05, 4.69) is 22.6 Å². The van der Waals surface area contributed by atoms with Crippen molar-refractivity contribution in [1.29, 1.82) is 0 Å². The van der Waals surface area contributed by atoms with Crippen molar-refractivity contribution in [3.05, 3.63) is 11.9 Å². The van der Waals surface area contributed by atoms with Crippen LogP contribution in [0, 0.1) is 11.8 Å². The van der Waals surface area contributed by atoms with Gasteiger partial charge in [-0.3, -0.25) is 4.79 Å². The lowest BCUT2D eigenvalue weighted by Crippen LogP contribution is -2.29. The Morgan fingerprint density at radius 2 is 2.50 bits per heavy atom. The number of nitrogens with zero attached hydrogens (tertiary/aromatic N) is 3. The standard InChI is InChI=1S/C10H17N5O/c1-7-2-8(7)4-12-10(16)6-15-5-9(3-11)13-14-15/h5,7-8H,2-4,6,11H2,1H3,(H,12,16). The minimum Gasteiger partial charge on any atom is -0.354 e. The highest BCUT2D eigenvalue weighted by atomic mass is 16.2. The summed E-state index contributed by atoms with van der Waals surface area (Å²) in [6.45, 7) is 3.54. The van der Waals surface area contributed by atoms with Gasteiger partial charge in [0.2, 0.25) is 5.91 Å². The fraction of sp³-hybridized carbons (Fsp3) is 0.700. The van der Waals surface area contributed by atoms with Gasteiger partial charge < -0.3 is 11.1 Å². The fourth-order valence-electron chi connectivity index (χ4n) is 1.64. The molecule has 1 aromatic rings. The molecule has 2 atom stereocenters. The van der Waals surface area contributed by atoms with E-state index in [1.165, 1.54) is 11.1 Å². The lowest BCUT2D eigenvalue weighted by atomic mass is 10.3. The Hall–Kier alpha value is -1.43. The minimum atomic E-state index is -0.0208. The van der Waals surface area contributed by atoms with Gasteiger partial charge in [0.25, 0.3) is 0 Å². The maximum atomic E-state index is 11.5. The van der Waals surface area contributed by atoms with Crippen molar-refractivity contribution in [2.24, 2.45) is 17.6 Å². The smallest absolute Gasteiger partial charge is 0.241 e. The summed E-state index contributed by atoms with van der Waals surface area (Å²) in [6, 6.07) is 0. The van der Waals surface area contributed by atoms with E-state index in [1.54, 1.807) is 6.20 Å². The number of carbonyl (C=O) groups is 1. The van der Waals surface area contributed by atoms with Gasteiger partial charge in [-0.25, -0.2) is 4.68 Å². The normalized spacial score (nSPS) is 23.1. The predicted molar refractivity (Wildman–Crippen MR) is 58.2 cm³/mol. The summed E-state index contributed by atoms with van der Waals surface area (Å²) in [7, 11) is 0. The number of amides is 1. The molecule has 16 heavy (non-hydrogen) atoms. The summed E-state index contributed by atoms with van der Waals surface area (Å²) in [6.07, 6.45) is 2.92. The molecular weight excluding hydrogens is 206 g/mol. The van der Waals surface area contributed by atoms with Crippen LogP contribution in [-0.2, 0) is 17.9 Å². The zero-order chi connectivity index (χ0) is 11.5. The third-order valence-corrected chi connectivity index (χ3v) is 2.94. The van der Waals surface area contributed by atoms with Gasteiger partial charge in [-0.15, -0.1) is 5.10 Å². The Bertz CT molecular complexity index is 375. The highest BCUT2D eigenvalue weighted by molar-refractivity contribution is 5.75. The quantitative estimate of drug-likeness (QED) is 0.705. The first-order valence-electron chi connectivity index (χ1n) is 5.55. The van der Waals surface area contributed by atoms with Crippen LogP contribution in [0.15, 0.2) is 6.20 Å². The van der Waals surface area contributed by atoms with Gasteiger partial charge in [0.05, 0.1) is 11.9 Å². The molecule has 0 bridgehead atoms. The second-order valence-corrected chi connectivity index (χ2v) is 4.39. The SMILES string of the molecule is CC1CC1CNC(=O)Cn1cc(CN)nn1. The van der Waals surface area contributed by atoms with Gasteiger partial charge in [-0.05, 0) is 18.3 Å². The molecule has 6 heteroatoms. The van der Waals surface area contributed by atoms with Crippen LogP contribution in [0.2, 0.25) is 0 Å². The molecule has 88 valence electrons. The van der Waals surface area contributed by atoms with Gasteiger partial charge in [0.15, 0.2) is 0 Å². The topological polar surface area (TPSA) is 85.8 Å². The molecule has 1 fully saturated rings. The highest BCUT2D eigenvalue weighted by Gasteiger charge is 2.32. The zero-order valence-corrected chi connectivity index (χ0v) is 9.39. The van der Waals surface area contributed by atoms with Crippen LogP contribution in [0.1, 0.15) is 19.0 Å². The van der Waals surface area contributed by atoms with Gasteiger partial charge >= 0.3 is 0 Å². The molecular formula is C10H17N5O. The molecule has 1 amide bonds. The van der Waals surface area contributed by atoms with Crippen LogP contribution in [0.5, 0.6) is 0 Å². The highest BCUT2D eigenvalue weighted by Crippen LogP contribution is 2.36. The molecule has 0 radical (unpaired) electrons. The van der Waals surface area contributed by atoms with Crippen molar-refractivity contribution >= 4 is 5.91 Å². The average molecular weight is 223 g/mol. The van der Waals surface area contributed by atoms with Gasteiger partial charge in [0, 0.05) is 13.1 Å². The van der Waals surface area contributed by atoms with Crippen LogP contribution in [0.4, 0.5) is 0 Å². The summed E-state index contributed by atoms with van der Waals surface area (Å²) in [5.74, 6) is 1.40. The Morgan fingerprint density at radius 1 is 1.75 bits per heavy atom. The number of hydrogen-bond acceptors (Lipinski definition) is 4. The fourth-order valence-corrected chi connectivity index (χ4v) is 1.64. The maximum Gasteiger partial charge on any atom is 0.241 e. The molecule has 6 nitrogen and oxygen atoms in total. The molecule has 0 saturated heterocycles. The van der Waals surface area contributed by atoms with Crippen LogP contribution in [0.3, 0.4) is 0 Å². The lowest BCUT2D eigenvalue weighted by Gasteiger charge is -2.03. The van der Waals surface area contributed by atoms with Crippen LogP contribution < -0.4 is 11.1 Å². The molecule has 2 rings (SSSR count). The second-order valence-electron chi connectivity index (χ2n) is 4.39. The van der Waals surface area contributed by atoms with Crippen molar-refractivity contribution < 1.29 is 4.79 Å². The Labute approximate surface area is 94.2 Å². The molecule has 2 unspecified atom stereocenters. The van der Waals surface area contributed by atoms with E-state index in [4.69, 9.17) is 5.73 Å². The van der Waals surface area contributed by atoms with Crippen LogP contribution in [0.25, 0.3) is 0 Å². The summed E-state index contributed by atoms with van der Waals surface area (Å²) in [5.41, 5.74) is 6.10. The van der Waals surface area contributed by atoms with Gasteiger partial charge in [-0.1, -0.05) is 12.1 Å². The summed E-state index contributed by atoms with van der Waals surface area (Å²) in [5, 5.41) is 10.5. The van der Waals surface area contributed by atoms with E-state index in [1.807, 2.05) is 0 Å². The monoisotopic (exact) mass is 223 g/mol. The zero-order valence-electron chi connectivity index (χ0n) is 9.39. The Kier molecular flexibility index (Phi) is 3.19. The number of nitrogens with two attached hydrogens (primary N) is 1. The van der Waals surface area contributed by atoms with E-state index < -0.39 is 0 Å². The Morgan fingerprint density at radius 3 is 3.06 bits per heavy atom. The second kappa shape index (κ2) is 4.61. The first kappa shape index (κ1) is 11.1. The van der Waals surface area contributed by atoms with Crippen molar-refractivity contribution in [3.63, 3.8) is 0 Å². The number of carbonyl (C=O) groups excluding carboxylic acids is 1. The van der Waals surface area contributed by atoms with Gasteiger partial charge in [0.1, 0.15) is 6.54 Å². The van der Waals surface area contributed by atoms with E-state index in [0.717, 1.165) is 12.5 Å². The molecule has 1 aliphatic carbocycles. The molecule has 0 spiro atoms. The Balaban J connectivity index is 1.73. The number of hydrogen-bond donors (Lipinski definition) is 2. The first-order chi connectivity index (χ1) is 7.69. The molecule has 0 aromatic carbocycles. The van der Waals surface area contributed by atoms with Crippen molar-refractivity contribution in [1.82, 2.24) is 20.3 Å². The number of nitrogens with one attached hydrogen (secondary N) is 1. The molecule has 1 saturated carbocycles. The van der Waals surface area contributed by atoms with Crippen molar-refractivity contribution in [2.45, 2.75) is 26.4 Å². The summed E-state index contributed by atoms with van der Waals surface area (Å²) >= 11 is 0. The van der Waals surface area contributed by atoms with Gasteiger partial charge in [-0.2, -0.15) is 0 Å². The molecule has 1 aliphatic rings. The van der Waals surface area contributed by atoms with Crippen molar-refractivity contribution in [3.8, 4) is 0 Å². The predicted octanol–water partition coefficient (Wildman–Crippen LogP) is -0.491. The lowest BCUT2D eigenvalue weighted by molar-refractivity contribution is -0.121.